The number of hydrogen-bond donors (Lipinski definition) is 1. The monoisotopic (exact) mass is 561 g/mol. The number of nitrogens with one attached hydrogen (secondary N) is 1. The maximum atomic E-state index is 13.7. The molecule has 42 heavy (non-hydrogen) atoms. The summed E-state index contributed by atoms with van der Waals surface area (Å²) in [6.45, 7) is 3.56. The Labute approximate surface area is 243 Å². The van der Waals surface area contributed by atoms with E-state index < -0.39 is 5.41 Å². The molecule has 2 aromatic heterocycles. The Kier molecular flexibility index (Phi) is 6.35. The summed E-state index contributed by atoms with van der Waals surface area (Å²) in [6.07, 6.45) is 6.15. The van der Waals surface area contributed by atoms with Gasteiger partial charge >= 0.3 is 0 Å². The molecular formula is C31H31N9O2. The Morgan fingerprint density at radius 1 is 1.10 bits per heavy atom. The minimum atomic E-state index is -0.463. The molecule has 1 atom stereocenters. The maximum absolute atomic E-state index is 13.7. The van der Waals surface area contributed by atoms with Crippen LogP contribution in [-0.2, 0) is 16.6 Å². The number of likely N-dealkylation sites (tertiary alicyclic amines) is 1. The van der Waals surface area contributed by atoms with Crippen molar-refractivity contribution in [3.8, 4) is 17.5 Å². The summed E-state index contributed by atoms with van der Waals surface area (Å²) in [5.74, 6) is 0.920. The molecule has 2 aromatic carbocycles. The average molecular weight is 562 g/mol. The summed E-state index contributed by atoms with van der Waals surface area (Å²) < 4.78 is 1.69. The molecule has 2 saturated heterocycles. The number of carbonyl (C=O) groups excluding carboxylic acids is 2. The van der Waals surface area contributed by atoms with E-state index in [2.05, 4.69) is 49.5 Å². The Morgan fingerprint density at radius 2 is 1.90 bits per heavy atom. The third-order valence-electron chi connectivity index (χ3n) is 8.94. The summed E-state index contributed by atoms with van der Waals surface area (Å²) in [7, 11) is 1.85. The number of amides is 2. The minimum Gasteiger partial charge on any atom is -0.338 e. The van der Waals surface area contributed by atoms with Crippen molar-refractivity contribution in [2.75, 3.05) is 44.2 Å². The largest absolute Gasteiger partial charge is 0.338 e. The van der Waals surface area contributed by atoms with Crippen LogP contribution in [0.2, 0.25) is 0 Å². The molecular weight excluding hydrogens is 530 g/mol. The SMILES string of the molecule is Cn1cnc(-c2ccc(C3=CCN(C(=O)CN4CC[C@]5(CCN(c6ccc7[nH]nc(C#N)c7c6)C5=O)C4)CC3)cc2)n1. The van der Waals surface area contributed by atoms with Crippen LogP contribution in [0.4, 0.5) is 5.69 Å². The second-order valence-corrected chi connectivity index (χ2v) is 11.5. The number of fused-ring (bicyclic) bond motifs is 1. The van der Waals surface area contributed by atoms with Crippen LogP contribution in [0, 0.1) is 16.7 Å². The van der Waals surface area contributed by atoms with Gasteiger partial charge in [0.25, 0.3) is 0 Å². The van der Waals surface area contributed by atoms with Crippen LogP contribution in [-0.4, -0.2) is 85.8 Å². The molecule has 2 amide bonds. The molecule has 0 unspecified atom stereocenters. The van der Waals surface area contributed by atoms with Crippen LogP contribution in [0.25, 0.3) is 27.9 Å². The number of aromatic nitrogens is 5. The van der Waals surface area contributed by atoms with Crippen molar-refractivity contribution in [2.45, 2.75) is 19.3 Å². The van der Waals surface area contributed by atoms with Gasteiger partial charge in [-0.05, 0) is 55.1 Å². The topological polar surface area (TPSA) is 127 Å². The van der Waals surface area contributed by atoms with Gasteiger partial charge in [0.2, 0.25) is 11.8 Å². The first kappa shape index (κ1) is 26.1. The zero-order chi connectivity index (χ0) is 28.8. The predicted octanol–water partition coefficient (Wildman–Crippen LogP) is 2.97. The molecule has 3 aliphatic rings. The van der Waals surface area contributed by atoms with E-state index in [1.54, 1.807) is 11.0 Å². The van der Waals surface area contributed by atoms with E-state index in [1.165, 1.54) is 5.57 Å². The molecule has 5 heterocycles. The molecule has 1 N–H and O–H groups in total. The van der Waals surface area contributed by atoms with E-state index >= 15 is 0 Å². The standard InChI is InChI=1S/C31H31N9O2/c1-37-20-33-29(36-37)23-4-2-21(3-5-23)22-8-12-39(13-9-22)28(41)18-38-14-10-31(19-38)11-15-40(30(31)42)24-6-7-26-25(16-24)27(17-32)35-34-26/h2-8,16,20H,9-15,18-19H2,1H3,(H,34,35)/t31-/m0/s1. The van der Waals surface area contributed by atoms with Gasteiger partial charge in [0.15, 0.2) is 11.5 Å². The second-order valence-electron chi connectivity index (χ2n) is 11.5. The quantitative estimate of drug-likeness (QED) is 0.397. The number of H-pyrrole nitrogens is 1. The zero-order valence-electron chi connectivity index (χ0n) is 23.5. The first-order valence-electron chi connectivity index (χ1n) is 14.3. The van der Waals surface area contributed by atoms with Crippen molar-refractivity contribution in [1.29, 1.82) is 5.26 Å². The van der Waals surface area contributed by atoms with Gasteiger partial charge in [-0.3, -0.25) is 24.3 Å². The van der Waals surface area contributed by atoms with Crippen molar-refractivity contribution in [3.05, 3.63) is 66.1 Å². The number of benzene rings is 2. The molecule has 11 nitrogen and oxygen atoms in total. The summed E-state index contributed by atoms with van der Waals surface area (Å²) >= 11 is 0. The number of aromatic amines is 1. The Morgan fingerprint density at radius 3 is 2.64 bits per heavy atom. The highest BCUT2D eigenvalue weighted by atomic mass is 16.2. The van der Waals surface area contributed by atoms with E-state index in [1.807, 2.05) is 47.2 Å². The number of rotatable bonds is 5. The van der Waals surface area contributed by atoms with Crippen LogP contribution < -0.4 is 4.90 Å². The van der Waals surface area contributed by atoms with Gasteiger partial charge in [0, 0.05) is 49.9 Å². The molecule has 1 spiro atoms. The number of nitriles is 1. The van der Waals surface area contributed by atoms with Crippen LogP contribution in [0.3, 0.4) is 0 Å². The van der Waals surface area contributed by atoms with Crippen LogP contribution in [0.5, 0.6) is 0 Å². The molecule has 11 heteroatoms. The molecule has 0 bridgehead atoms. The van der Waals surface area contributed by atoms with Crippen molar-refractivity contribution < 1.29 is 9.59 Å². The van der Waals surface area contributed by atoms with Gasteiger partial charge in [-0.1, -0.05) is 30.3 Å². The smallest absolute Gasteiger partial charge is 0.237 e. The predicted molar refractivity (Wildman–Crippen MR) is 157 cm³/mol. The lowest BCUT2D eigenvalue weighted by molar-refractivity contribution is -0.132. The zero-order valence-corrected chi connectivity index (χ0v) is 23.5. The highest BCUT2D eigenvalue weighted by molar-refractivity contribution is 6.02. The molecule has 212 valence electrons. The highest BCUT2D eigenvalue weighted by Gasteiger charge is 2.51. The third kappa shape index (κ3) is 4.54. The number of aryl methyl sites for hydroxylation is 1. The number of anilines is 1. The molecule has 2 fully saturated rings. The summed E-state index contributed by atoms with van der Waals surface area (Å²) in [6, 6.07) is 16.0. The lowest BCUT2D eigenvalue weighted by Gasteiger charge is -2.29. The van der Waals surface area contributed by atoms with E-state index in [4.69, 9.17) is 0 Å². The fourth-order valence-electron chi connectivity index (χ4n) is 6.55. The normalized spacial score (nSPS) is 21.0. The van der Waals surface area contributed by atoms with Crippen molar-refractivity contribution in [2.24, 2.45) is 12.5 Å². The molecule has 0 aliphatic carbocycles. The van der Waals surface area contributed by atoms with Gasteiger partial charge in [-0.2, -0.15) is 15.5 Å². The third-order valence-corrected chi connectivity index (χ3v) is 8.94. The first-order chi connectivity index (χ1) is 20.4. The second kappa shape index (κ2) is 10.2. The van der Waals surface area contributed by atoms with Gasteiger partial charge < -0.3 is 9.80 Å². The van der Waals surface area contributed by atoms with Gasteiger partial charge in [-0.15, -0.1) is 0 Å². The summed E-state index contributed by atoms with van der Waals surface area (Å²) in [5.41, 5.74) is 4.81. The van der Waals surface area contributed by atoms with Gasteiger partial charge in [0.05, 0.1) is 17.5 Å². The first-order valence-corrected chi connectivity index (χ1v) is 14.3. The number of hydrogen-bond acceptors (Lipinski definition) is 7. The van der Waals surface area contributed by atoms with Crippen LogP contribution in [0.1, 0.15) is 30.5 Å². The van der Waals surface area contributed by atoms with E-state index in [9.17, 15) is 14.9 Å². The summed E-state index contributed by atoms with van der Waals surface area (Å²) in [4.78, 5) is 37.1. The molecule has 0 saturated carbocycles. The molecule has 4 aromatic rings. The average Bonchev–Trinajstić information content (AvgIpc) is 3.81. The molecule has 0 radical (unpaired) electrons. The van der Waals surface area contributed by atoms with Crippen molar-refractivity contribution in [3.63, 3.8) is 0 Å². The Bertz CT molecular complexity index is 1760. The van der Waals surface area contributed by atoms with E-state index in [-0.39, 0.29) is 11.8 Å². The summed E-state index contributed by atoms with van der Waals surface area (Å²) in [5, 5.41) is 21.3. The Hall–Kier alpha value is -4.82. The van der Waals surface area contributed by atoms with Gasteiger partial charge in [0.1, 0.15) is 12.4 Å². The Balaban J connectivity index is 0.958. The minimum absolute atomic E-state index is 0.106. The van der Waals surface area contributed by atoms with Crippen molar-refractivity contribution >= 4 is 34.0 Å². The van der Waals surface area contributed by atoms with Crippen molar-refractivity contribution in [1.82, 2.24) is 34.8 Å². The molecule has 7 rings (SSSR count). The number of carbonyl (C=O) groups is 2. The van der Waals surface area contributed by atoms with E-state index in [0.29, 0.717) is 44.2 Å². The lowest BCUT2D eigenvalue weighted by atomic mass is 9.85. The number of nitrogens with zero attached hydrogens (tertiary/aromatic N) is 8. The van der Waals surface area contributed by atoms with Crippen LogP contribution in [0.15, 0.2) is 54.9 Å². The van der Waals surface area contributed by atoms with E-state index in [0.717, 1.165) is 53.5 Å². The van der Waals surface area contributed by atoms with Crippen LogP contribution >= 0.6 is 0 Å². The van der Waals surface area contributed by atoms with Gasteiger partial charge in [-0.25, -0.2) is 4.98 Å². The lowest BCUT2D eigenvalue weighted by Crippen LogP contribution is -2.43. The highest BCUT2D eigenvalue weighted by Crippen LogP contribution is 2.42. The fourth-order valence-corrected chi connectivity index (χ4v) is 6.55. The fraction of sp³-hybridized carbons (Fsp3) is 0.355. The molecule has 3 aliphatic heterocycles. The maximum Gasteiger partial charge on any atom is 0.237 e.